The number of rotatable bonds is 7. The summed E-state index contributed by atoms with van der Waals surface area (Å²) < 4.78 is 29.9. The number of carbonyl (C=O) groups excluding carboxylic acids is 2. The van der Waals surface area contributed by atoms with Crippen LogP contribution in [0.25, 0.3) is 16.9 Å². The average molecular weight is 570 g/mol. The molecule has 208 valence electrons. The highest BCUT2D eigenvalue weighted by Crippen LogP contribution is 2.28. The molecule has 1 aliphatic carbocycles. The molecule has 3 heterocycles. The molecule has 1 aliphatic rings. The molecule has 3 aromatic heterocycles. The van der Waals surface area contributed by atoms with Gasteiger partial charge in [0.2, 0.25) is 0 Å². The molecule has 0 saturated heterocycles. The van der Waals surface area contributed by atoms with Gasteiger partial charge >= 0.3 is 5.69 Å². The first-order chi connectivity index (χ1) is 19.3. The summed E-state index contributed by atoms with van der Waals surface area (Å²) >= 11 is 5.88. The first-order valence-electron chi connectivity index (χ1n) is 12.8. The second-order valence-electron chi connectivity index (χ2n) is 9.63. The van der Waals surface area contributed by atoms with Gasteiger partial charge in [0.05, 0.1) is 34.0 Å². The maximum atomic E-state index is 13.6. The molecule has 0 unspecified atom stereocenters. The lowest BCUT2D eigenvalue weighted by Gasteiger charge is -2.29. The SMILES string of the molecule is CNC(=O)c1cnc(-n2c(=O)n(C[C@H]3CC[C@H](NC(=O)c4cc(Cl)cnc4C(F)F)CC3)c3ccccc32)cn1. The van der Waals surface area contributed by atoms with Crippen LogP contribution in [0.1, 0.15) is 58.6 Å². The van der Waals surface area contributed by atoms with Gasteiger partial charge in [-0.1, -0.05) is 23.7 Å². The second-order valence-corrected chi connectivity index (χ2v) is 10.1. The van der Waals surface area contributed by atoms with Gasteiger partial charge in [0.1, 0.15) is 11.4 Å². The molecule has 1 aromatic carbocycles. The Morgan fingerprint density at radius 3 is 2.40 bits per heavy atom. The third-order valence-electron chi connectivity index (χ3n) is 7.12. The van der Waals surface area contributed by atoms with E-state index in [2.05, 4.69) is 25.6 Å². The Labute approximate surface area is 232 Å². The minimum Gasteiger partial charge on any atom is -0.354 e. The zero-order valence-electron chi connectivity index (χ0n) is 21.5. The summed E-state index contributed by atoms with van der Waals surface area (Å²) in [5.41, 5.74) is 0.457. The zero-order valence-corrected chi connectivity index (χ0v) is 22.2. The number of carbonyl (C=O) groups is 2. The van der Waals surface area contributed by atoms with Crippen molar-refractivity contribution in [3.05, 3.63) is 81.4 Å². The quantitative estimate of drug-likeness (QED) is 0.348. The molecule has 40 heavy (non-hydrogen) atoms. The van der Waals surface area contributed by atoms with Crippen molar-refractivity contribution in [3.63, 3.8) is 0 Å². The molecule has 0 atom stereocenters. The van der Waals surface area contributed by atoms with E-state index in [1.807, 2.05) is 24.3 Å². The first-order valence-corrected chi connectivity index (χ1v) is 13.1. The minimum absolute atomic E-state index is 0.108. The van der Waals surface area contributed by atoms with Crippen molar-refractivity contribution in [3.8, 4) is 5.82 Å². The van der Waals surface area contributed by atoms with Crippen LogP contribution in [0.15, 0.2) is 53.7 Å². The number of nitrogens with zero attached hydrogens (tertiary/aromatic N) is 5. The van der Waals surface area contributed by atoms with Gasteiger partial charge in [-0.3, -0.25) is 19.1 Å². The van der Waals surface area contributed by atoms with Gasteiger partial charge in [-0.2, -0.15) is 0 Å². The van der Waals surface area contributed by atoms with E-state index in [0.717, 1.165) is 24.6 Å². The van der Waals surface area contributed by atoms with Gasteiger partial charge in [0, 0.05) is 25.8 Å². The highest BCUT2D eigenvalue weighted by Gasteiger charge is 2.27. The summed E-state index contributed by atoms with van der Waals surface area (Å²) in [7, 11) is 1.50. The van der Waals surface area contributed by atoms with E-state index < -0.39 is 18.0 Å². The van der Waals surface area contributed by atoms with E-state index in [1.165, 1.54) is 30.1 Å². The molecule has 0 radical (unpaired) electrons. The molecule has 2 N–H and O–H groups in total. The van der Waals surface area contributed by atoms with Crippen molar-refractivity contribution < 1.29 is 18.4 Å². The number of aromatic nitrogens is 5. The lowest BCUT2D eigenvalue weighted by atomic mass is 9.85. The third kappa shape index (κ3) is 5.44. The topological polar surface area (TPSA) is 124 Å². The van der Waals surface area contributed by atoms with E-state index >= 15 is 0 Å². The summed E-state index contributed by atoms with van der Waals surface area (Å²) in [6, 6.07) is 8.39. The molecule has 2 amide bonds. The van der Waals surface area contributed by atoms with E-state index in [0.29, 0.717) is 30.7 Å². The van der Waals surface area contributed by atoms with Gasteiger partial charge in [0.15, 0.2) is 5.82 Å². The molecule has 0 spiro atoms. The van der Waals surface area contributed by atoms with Crippen LogP contribution in [0.4, 0.5) is 8.78 Å². The number of benzene rings is 1. The molecular formula is C27H26ClF2N7O3. The molecule has 0 aliphatic heterocycles. The van der Waals surface area contributed by atoms with Crippen molar-refractivity contribution in [2.75, 3.05) is 7.05 Å². The highest BCUT2D eigenvalue weighted by molar-refractivity contribution is 6.30. The summed E-state index contributed by atoms with van der Waals surface area (Å²) in [6.07, 6.45) is 3.64. The smallest absolute Gasteiger partial charge is 0.334 e. The van der Waals surface area contributed by atoms with E-state index in [1.54, 1.807) is 4.57 Å². The zero-order chi connectivity index (χ0) is 28.4. The Morgan fingerprint density at radius 1 is 1.02 bits per heavy atom. The van der Waals surface area contributed by atoms with Crippen molar-refractivity contribution in [2.45, 2.75) is 44.7 Å². The van der Waals surface area contributed by atoms with Crippen molar-refractivity contribution in [2.24, 2.45) is 5.92 Å². The molecule has 10 nitrogen and oxygen atoms in total. The lowest BCUT2D eigenvalue weighted by Crippen LogP contribution is -2.39. The largest absolute Gasteiger partial charge is 0.354 e. The Balaban J connectivity index is 1.30. The first kappa shape index (κ1) is 27.4. The van der Waals surface area contributed by atoms with Crippen LogP contribution < -0.4 is 16.3 Å². The fourth-order valence-electron chi connectivity index (χ4n) is 5.10. The number of alkyl halides is 2. The van der Waals surface area contributed by atoms with Crippen LogP contribution >= 0.6 is 11.6 Å². The highest BCUT2D eigenvalue weighted by atomic mass is 35.5. The Hall–Kier alpha value is -4.19. The van der Waals surface area contributed by atoms with E-state index in [9.17, 15) is 23.2 Å². The van der Waals surface area contributed by atoms with Crippen LogP contribution in [-0.4, -0.2) is 49.0 Å². The van der Waals surface area contributed by atoms with E-state index in [-0.39, 0.29) is 39.8 Å². The van der Waals surface area contributed by atoms with Crippen LogP contribution in [0.2, 0.25) is 5.02 Å². The predicted octanol–water partition coefficient (Wildman–Crippen LogP) is 3.92. The van der Waals surface area contributed by atoms with Crippen molar-refractivity contribution in [1.82, 2.24) is 34.7 Å². The Kier molecular flexibility index (Phi) is 7.88. The van der Waals surface area contributed by atoms with Crippen molar-refractivity contribution in [1.29, 1.82) is 0 Å². The molecule has 5 rings (SSSR count). The fraction of sp³-hybridized carbons (Fsp3) is 0.333. The minimum atomic E-state index is -2.89. The Bertz CT molecular complexity index is 1610. The van der Waals surface area contributed by atoms with Gasteiger partial charge in [0.25, 0.3) is 18.2 Å². The predicted molar refractivity (Wildman–Crippen MR) is 144 cm³/mol. The monoisotopic (exact) mass is 569 g/mol. The number of para-hydroxylation sites is 2. The van der Waals surface area contributed by atoms with Crippen molar-refractivity contribution >= 4 is 34.4 Å². The normalized spacial score (nSPS) is 17.2. The van der Waals surface area contributed by atoms with Crippen LogP contribution in [0.3, 0.4) is 0 Å². The van der Waals surface area contributed by atoms with Gasteiger partial charge in [-0.05, 0) is 49.8 Å². The maximum Gasteiger partial charge on any atom is 0.334 e. The standard InChI is InChI=1S/C27H26ClF2N7O3/c1-31-26(39)19-12-33-22(13-32-19)37-21-5-3-2-4-20(21)36(27(37)40)14-15-6-8-17(9-7-15)35-25(38)18-10-16(28)11-34-23(18)24(29)30/h2-5,10-13,15,17,24H,6-9,14H2,1H3,(H,31,39)(H,35,38)/t15-,17-. The number of halogens is 3. The third-order valence-corrected chi connectivity index (χ3v) is 7.33. The second kappa shape index (κ2) is 11.5. The van der Waals surface area contributed by atoms with Gasteiger partial charge in [-0.15, -0.1) is 0 Å². The lowest BCUT2D eigenvalue weighted by molar-refractivity contribution is 0.0903. The number of hydrogen-bond donors (Lipinski definition) is 2. The number of pyridine rings is 1. The number of amides is 2. The molecular weight excluding hydrogens is 544 g/mol. The van der Waals surface area contributed by atoms with E-state index in [4.69, 9.17) is 11.6 Å². The molecule has 1 fully saturated rings. The van der Waals surface area contributed by atoms with Crippen LogP contribution in [0.5, 0.6) is 0 Å². The molecule has 4 aromatic rings. The number of nitrogens with one attached hydrogen (secondary N) is 2. The molecule has 13 heteroatoms. The summed E-state index contributed by atoms with van der Waals surface area (Å²) in [4.78, 5) is 50.2. The molecule has 0 bridgehead atoms. The summed E-state index contributed by atoms with van der Waals surface area (Å²) in [5.74, 6) is -0.537. The molecule has 1 saturated carbocycles. The van der Waals surface area contributed by atoms with Crippen LogP contribution in [0, 0.1) is 5.92 Å². The average Bonchev–Trinajstić information content (AvgIpc) is 3.24. The maximum absolute atomic E-state index is 13.6. The summed E-state index contributed by atoms with van der Waals surface area (Å²) in [6.45, 7) is 0.463. The van der Waals surface area contributed by atoms with Gasteiger partial charge in [-0.25, -0.2) is 28.1 Å². The van der Waals surface area contributed by atoms with Gasteiger partial charge < -0.3 is 10.6 Å². The Morgan fingerprint density at radius 2 is 1.75 bits per heavy atom. The summed E-state index contributed by atoms with van der Waals surface area (Å²) in [5, 5.41) is 5.43. The van der Waals surface area contributed by atoms with Crippen LogP contribution in [-0.2, 0) is 6.54 Å². The fourth-order valence-corrected chi connectivity index (χ4v) is 5.26. The number of hydrogen-bond acceptors (Lipinski definition) is 6. The number of fused-ring (bicyclic) bond motifs is 1. The number of imidazole rings is 1.